The number of phenols is 1. The number of H-pyrrole nitrogens is 1. The number of phenolic OH excluding ortho intramolecular Hbond substituents is 1. The predicted octanol–water partition coefficient (Wildman–Crippen LogP) is 3.60. The fourth-order valence-corrected chi connectivity index (χ4v) is 4.57. The molecule has 2 heterocycles. The number of rotatable bonds is 5. The summed E-state index contributed by atoms with van der Waals surface area (Å²) in [4.78, 5) is 26.7. The van der Waals surface area contributed by atoms with Gasteiger partial charge in [0.25, 0.3) is 6.17 Å². The third-order valence-corrected chi connectivity index (χ3v) is 6.25. The molecule has 1 atom stereocenters. The smallest absolute Gasteiger partial charge is 0.325 e. The molecule has 10 heteroatoms. The number of benzene rings is 3. The molecule has 5 rings (SSSR count). The van der Waals surface area contributed by atoms with E-state index in [0.29, 0.717) is 33.4 Å². The second-order valence-electron chi connectivity index (χ2n) is 7.42. The van der Waals surface area contributed by atoms with Gasteiger partial charge in [0.15, 0.2) is 5.75 Å². The lowest BCUT2D eigenvalue weighted by atomic mass is 10.0. The molecule has 0 saturated heterocycles. The van der Waals surface area contributed by atoms with E-state index in [0.717, 1.165) is 5.56 Å². The van der Waals surface area contributed by atoms with Crippen LogP contribution in [-0.4, -0.2) is 20.1 Å². The number of para-hydroxylation sites is 1. The molecule has 33 heavy (non-hydrogen) atoms. The Labute approximate surface area is 191 Å². The predicted molar refractivity (Wildman–Crippen MR) is 123 cm³/mol. The van der Waals surface area contributed by atoms with Crippen molar-refractivity contribution in [3.63, 3.8) is 0 Å². The van der Waals surface area contributed by atoms with Gasteiger partial charge >= 0.3 is 16.9 Å². The largest absolute Gasteiger partial charge is 0.502 e. The molecule has 1 aliphatic heterocycles. The van der Waals surface area contributed by atoms with E-state index in [2.05, 4.69) is 15.4 Å². The quantitative estimate of drug-likeness (QED) is 0.180. The Balaban J connectivity index is 1.62. The number of nitrogens with zero attached hydrogens (tertiary/aromatic N) is 3. The number of nitro groups is 1. The summed E-state index contributed by atoms with van der Waals surface area (Å²) in [6.45, 7) is 0. The highest BCUT2D eigenvalue weighted by Crippen LogP contribution is 2.34. The van der Waals surface area contributed by atoms with Crippen LogP contribution in [0.15, 0.2) is 82.7 Å². The minimum atomic E-state index is -0.687. The molecule has 1 aliphatic rings. The summed E-state index contributed by atoms with van der Waals surface area (Å²) in [5.74, 6) is 0.186. The van der Waals surface area contributed by atoms with Gasteiger partial charge < -0.3 is 10.4 Å². The van der Waals surface area contributed by atoms with Gasteiger partial charge in [-0.2, -0.15) is 0 Å². The van der Waals surface area contributed by atoms with Crippen LogP contribution in [0.1, 0.15) is 17.3 Å². The Bertz CT molecular complexity index is 1420. The summed E-state index contributed by atoms with van der Waals surface area (Å²) in [6.07, 6.45) is -0.687. The second-order valence-corrected chi connectivity index (χ2v) is 8.39. The van der Waals surface area contributed by atoms with Gasteiger partial charge in [0.2, 0.25) is 5.16 Å². The maximum Gasteiger partial charge on any atom is 0.325 e. The van der Waals surface area contributed by atoms with Gasteiger partial charge in [-0.1, -0.05) is 54.2 Å². The van der Waals surface area contributed by atoms with E-state index < -0.39 is 22.5 Å². The van der Waals surface area contributed by atoms with Crippen LogP contribution >= 0.6 is 11.8 Å². The number of anilines is 1. The van der Waals surface area contributed by atoms with E-state index in [4.69, 9.17) is 0 Å². The molecule has 0 saturated carbocycles. The minimum absolute atomic E-state index is 0.312. The standard InChI is InChI=1S/C23H17N5O4S/c29-19-11-10-15(12-18(19)28(31)32)21-24-17-9-5-4-8-16(17)20-22(30)25-23(26-27(20)21)33-13-14-6-2-1-3-7-14/h1-12,21H,13H2,(H2,25,26,29,30)/p+1/t21-/m1/s1. The van der Waals surface area contributed by atoms with Gasteiger partial charge in [-0.05, 0) is 34.5 Å². The summed E-state index contributed by atoms with van der Waals surface area (Å²) in [7, 11) is 0. The van der Waals surface area contributed by atoms with Crippen molar-refractivity contribution < 1.29 is 14.7 Å². The first-order chi connectivity index (χ1) is 16.0. The topological polar surface area (TPSA) is 125 Å². The Kier molecular flexibility index (Phi) is 5.27. The zero-order valence-electron chi connectivity index (χ0n) is 17.1. The van der Waals surface area contributed by atoms with Crippen LogP contribution in [0.2, 0.25) is 0 Å². The lowest BCUT2D eigenvalue weighted by Crippen LogP contribution is -2.55. The highest BCUT2D eigenvalue weighted by molar-refractivity contribution is 7.98. The molecule has 0 unspecified atom stereocenters. The van der Waals surface area contributed by atoms with Crippen molar-refractivity contribution in [2.24, 2.45) is 0 Å². The molecule has 0 aliphatic carbocycles. The Hall–Kier alpha value is -4.18. The summed E-state index contributed by atoms with van der Waals surface area (Å²) in [5.41, 5.74) is 2.56. The molecule has 1 aromatic heterocycles. The van der Waals surface area contributed by atoms with E-state index >= 15 is 0 Å². The number of thioether (sulfide) groups is 1. The monoisotopic (exact) mass is 460 g/mol. The highest BCUT2D eigenvalue weighted by Gasteiger charge is 2.38. The van der Waals surface area contributed by atoms with Crippen LogP contribution in [-0.2, 0) is 5.75 Å². The molecule has 164 valence electrons. The summed E-state index contributed by atoms with van der Waals surface area (Å²) < 4.78 is 1.55. The normalized spacial score (nSPS) is 14.1. The van der Waals surface area contributed by atoms with Crippen molar-refractivity contribution in [2.45, 2.75) is 17.1 Å². The summed E-state index contributed by atoms with van der Waals surface area (Å²) in [5, 5.41) is 29.7. The summed E-state index contributed by atoms with van der Waals surface area (Å²) in [6, 6.07) is 21.3. The van der Waals surface area contributed by atoms with Crippen molar-refractivity contribution >= 4 is 23.1 Å². The number of aromatic hydroxyl groups is 1. The van der Waals surface area contributed by atoms with Gasteiger partial charge in [0.1, 0.15) is 0 Å². The molecule has 0 spiro atoms. The number of hydrogen-bond donors (Lipinski definition) is 3. The first kappa shape index (κ1) is 20.7. The van der Waals surface area contributed by atoms with Gasteiger partial charge in [0, 0.05) is 16.9 Å². The zero-order chi connectivity index (χ0) is 22.9. The minimum Gasteiger partial charge on any atom is -0.502 e. The van der Waals surface area contributed by atoms with Crippen molar-refractivity contribution in [1.29, 1.82) is 0 Å². The van der Waals surface area contributed by atoms with Gasteiger partial charge in [-0.15, -0.1) is 0 Å². The maximum atomic E-state index is 13.2. The van der Waals surface area contributed by atoms with E-state index in [1.165, 1.54) is 23.9 Å². The Morgan fingerprint density at radius 2 is 1.85 bits per heavy atom. The Morgan fingerprint density at radius 1 is 1.09 bits per heavy atom. The van der Waals surface area contributed by atoms with E-state index in [1.54, 1.807) is 10.7 Å². The molecule has 0 radical (unpaired) electrons. The SMILES string of the molecule is O=c1[nH]c(SCc2ccccc2)n[n+]2c1-c1ccccc1N[C@H]2c1ccc(O)c([N+](=O)[O-])c1. The average molecular weight is 460 g/mol. The van der Waals surface area contributed by atoms with Crippen molar-refractivity contribution in [3.8, 4) is 17.0 Å². The second kappa shape index (κ2) is 8.40. The molecule has 4 aromatic rings. The van der Waals surface area contributed by atoms with Crippen LogP contribution in [0.4, 0.5) is 11.4 Å². The van der Waals surface area contributed by atoms with E-state index in [9.17, 15) is 20.0 Å². The number of nitro benzene ring substituents is 1. The molecule has 0 fully saturated rings. The molecular formula is C23H18N5O4S+. The van der Waals surface area contributed by atoms with Gasteiger partial charge in [-0.3, -0.25) is 19.9 Å². The average Bonchev–Trinajstić information content (AvgIpc) is 2.83. The van der Waals surface area contributed by atoms with Crippen molar-refractivity contribution in [2.75, 3.05) is 5.32 Å². The number of aromatic amines is 1. The highest BCUT2D eigenvalue weighted by atomic mass is 32.2. The lowest BCUT2D eigenvalue weighted by Gasteiger charge is -2.22. The van der Waals surface area contributed by atoms with Crippen molar-refractivity contribution in [3.05, 3.63) is 104 Å². The van der Waals surface area contributed by atoms with Crippen LogP contribution in [0.25, 0.3) is 11.3 Å². The molecule has 0 amide bonds. The first-order valence-corrected chi connectivity index (χ1v) is 11.1. The molecule has 3 aromatic carbocycles. The van der Waals surface area contributed by atoms with Crippen LogP contribution < -0.4 is 15.6 Å². The fourth-order valence-electron chi connectivity index (χ4n) is 3.76. The number of hydrogen-bond acceptors (Lipinski definition) is 7. The Morgan fingerprint density at radius 3 is 2.64 bits per heavy atom. The zero-order valence-corrected chi connectivity index (χ0v) is 18.0. The maximum absolute atomic E-state index is 13.2. The lowest BCUT2D eigenvalue weighted by molar-refractivity contribution is -0.759. The van der Waals surface area contributed by atoms with Crippen LogP contribution in [0, 0.1) is 10.1 Å². The third-order valence-electron chi connectivity index (χ3n) is 5.31. The van der Waals surface area contributed by atoms with Crippen molar-refractivity contribution in [1.82, 2.24) is 10.1 Å². The number of nitrogens with one attached hydrogen (secondary N) is 2. The molecule has 3 N–H and O–H groups in total. The third kappa shape index (κ3) is 3.92. The molecular weight excluding hydrogens is 442 g/mol. The van der Waals surface area contributed by atoms with Crippen LogP contribution in [0.5, 0.6) is 5.75 Å². The molecule has 9 nitrogen and oxygen atoms in total. The number of fused-ring (bicyclic) bond motifs is 3. The van der Waals surface area contributed by atoms with Crippen LogP contribution in [0.3, 0.4) is 0 Å². The molecule has 0 bridgehead atoms. The van der Waals surface area contributed by atoms with Gasteiger partial charge in [0.05, 0.1) is 21.7 Å². The summed E-state index contributed by atoms with van der Waals surface area (Å²) >= 11 is 1.39. The van der Waals surface area contributed by atoms with E-state index in [1.807, 2.05) is 54.6 Å². The first-order valence-electron chi connectivity index (χ1n) is 10.1. The van der Waals surface area contributed by atoms with E-state index in [-0.39, 0.29) is 5.56 Å². The van der Waals surface area contributed by atoms with Gasteiger partial charge in [-0.25, -0.2) is 0 Å². The number of aromatic nitrogens is 3. The fraction of sp³-hybridized carbons (Fsp3) is 0.0870.